The molecule has 0 spiro atoms. The minimum Gasteiger partial charge on any atom is -0.497 e. The third-order valence-corrected chi connectivity index (χ3v) is 5.41. The van der Waals surface area contributed by atoms with Gasteiger partial charge < -0.3 is 14.2 Å². The number of carbonyl (C=O) groups is 2. The fourth-order valence-electron chi connectivity index (χ4n) is 2.91. The number of methoxy groups -OCH3 is 1. The summed E-state index contributed by atoms with van der Waals surface area (Å²) in [7, 11) is 1.54. The van der Waals surface area contributed by atoms with Crippen LogP contribution < -0.4 is 9.47 Å². The summed E-state index contributed by atoms with van der Waals surface area (Å²) < 4.78 is 17.2. The van der Waals surface area contributed by atoms with E-state index in [2.05, 4.69) is 10.3 Å². The SMILES string of the molecule is COc1cccc(OCC(=O)OCC(=O)c2ccc(-n3nncc3-c3cccs3)cc2)c1. The molecule has 0 bridgehead atoms. The van der Waals surface area contributed by atoms with Crippen molar-refractivity contribution < 1.29 is 23.8 Å². The molecule has 32 heavy (non-hydrogen) atoms. The summed E-state index contributed by atoms with van der Waals surface area (Å²) in [5.41, 5.74) is 2.06. The molecule has 162 valence electrons. The first-order valence-corrected chi connectivity index (χ1v) is 10.5. The summed E-state index contributed by atoms with van der Waals surface area (Å²) in [6.07, 6.45) is 1.69. The highest BCUT2D eigenvalue weighted by atomic mass is 32.1. The summed E-state index contributed by atoms with van der Waals surface area (Å²) in [5, 5.41) is 10.1. The minimum atomic E-state index is -0.638. The molecule has 0 N–H and O–H groups in total. The number of ketones is 1. The highest BCUT2D eigenvalue weighted by molar-refractivity contribution is 7.13. The Hall–Kier alpha value is -3.98. The molecule has 0 unspecified atom stereocenters. The second-order valence-electron chi connectivity index (χ2n) is 6.61. The lowest BCUT2D eigenvalue weighted by Crippen LogP contribution is -2.19. The van der Waals surface area contributed by atoms with Gasteiger partial charge in [-0.15, -0.1) is 16.4 Å². The maximum atomic E-state index is 12.4. The predicted octanol–water partition coefficient (Wildman–Crippen LogP) is 3.81. The molecule has 8 nitrogen and oxygen atoms in total. The molecule has 0 atom stereocenters. The number of rotatable bonds is 9. The number of nitrogens with zero attached hydrogens (tertiary/aromatic N) is 3. The fourth-order valence-corrected chi connectivity index (χ4v) is 3.63. The third kappa shape index (κ3) is 5.01. The molecule has 0 aliphatic carbocycles. The van der Waals surface area contributed by atoms with Crippen molar-refractivity contribution in [2.75, 3.05) is 20.3 Å². The number of carbonyl (C=O) groups excluding carboxylic acids is 2. The first-order chi connectivity index (χ1) is 15.6. The Labute approximate surface area is 188 Å². The molecule has 0 aliphatic heterocycles. The molecule has 0 amide bonds. The van der Waals surface area contributed by atoms with Crippen molar-refractivity contribution >= 4 is 23.1 Å². The molecule has 0 saturated carbocycles. The first kappa shape index (κ1) is 21.3. The van der Waals surface area contributed by atoms with Gasteiger partial charge in [0.05, 0.1) is 23.9 Å². The molecule has 2 aromatic heterocycles. The van der Waals surface area contributed by atoms with E-state index in [9.17, 15) is 9.59 Å². The van der Waals surface area contributed by atoms with Crippen molar-refractivity contribution in [3.63, 3.8) is 0 Å². The number of esters is 1. The normalized spacial score (nSPS) is 10.5. The van der Waals surface area contributed by atoms with Crippen LogP contribution in [0.1, 0.15) is 10.4 Å². The van der Waals surface area contributed by atoms with E-state index in [1.807, 2.05) is 17.5 Å². The van der Waals surface area contributed by atoms with E-state index in [1.165, 1.54) is 0 Å². The van der Waals surface area contributed by atoms with Crippen LogP contribution in [0.5, 0.6) is 11.5 Å². The van der Waals surface area contributed by atoms with Gasteiger partial charge in [-0.2, -0.15) is 0 Å². The topological polar surface area (TPSA) is 92.5 Å². The Morgan fingerprint density at radius 3 is 2.56 bits per heavy atom. The Kier molecular flexibility index (Phi) is 6.57. The van der Waals surface area contributed by atoms with Gasteiger partial charge in [-0.3, -0.25) is 4.79 Å². The zero-order chi connectivity index (χ0) is 22.3. The van der Waals surface area contributed by atoms with Gasteiger partial charge in [0.1, 0.15) is 17.2 Å². The van der Waals surface area contributed by atoms with Gasteiger partial charge >= 0.3 is 5.97 Å². The van der Waals surface area contributed by atoms with Gasteiger partial charge in [0.2, 0.25) is 0 Å². The van der Waals surface area contributed by atoms with Crippen LogP contribution in [-0.2, 0) is 9.53 Å². The fraction of sp³-hybridized carbons (Fsp3) is 0.130. The highest BCUT2D eigenvalue weighted by Crippen LogP contribution is 2.26. The second kappa shape index (κ2) is 9.88. The molecule has 2 heterocycles. The number of thiophene rings is 1. The van der Waals surface area contributed by atoms with E-state index in [0.717, 1.165) is 16.3 Å². The maximum absolute atomic E-state index is 12.4. The van der Waals surface area contributed by atoms with E-state index in [0.29, 0.717) is 17.1 Å². The van der Waals surface area contributed by atoms with E-state index in [-0.39, 0.29) is 19.0 Å². The number of Topliss-reactive ketones (excluding diaryl/α,β-unsaturated/α-hetero) is 1. The van der Waals surface area contributed by atoms with Crippen molar-refractivity contribution in [3.8, 4) is 27.8 Å². The number of hydrogen-bond donors (Lipinski definition) is 0. The zero-order valence-corrected chi connectivity index (χ0v) is 18.0. The van der Waals surface area contributed by atoms with Gasteiger partial charge in [0.25, 0.3) is 0 Å². The Morgan fingerprint density at radius 2 is 1.81 bits per heavy atom. The molecule has 4 aromatic rings. The van der Waals surface area contributed by atoms with Crippen LogP contribution in [0.3, 0.4) is 0 Å². The van der Waals surface area contributed by atoms with E-state index in [4.69, 9.17) is 14.2 Å². The van der Waals surface area contributed by atoms with Gasteiger partial charge in [-0.1, -0.05) is 17.3 Å². The highest BCUT2D eigenvalue weighted by Gasteiger charge is 2.13. The molecule has 9 heteroatoms. The zero-order valence-electron chi connectivity index (χ0n) is 17.1. The molecule has 0 saturated heterocycles. The van der Waals surface area contributed by atoms with Crippen molar-refractivity contribution in [3.05, 3.63) is 77.8 Å². The molecular weight excluding hydrogens is 430 g/mol. The number of benzene rings is 2. The lowest BCUT2D eigenvalue weighted by Gasteiger charge is -2.08. The minimum absolute atomic E-state index is 0.308. The largest absolute Gasteiger partial charge is 0.497 e. The van der Waals surface area contributed by atoms with Crippen LogP contribution in [-0.4, -0.2) is 47.1 Å². The molecular formula is C23H19N3O5S. The number of ether oxygens (including phenoxy) is 3. The number of aromatic nitrogens is 3. The average molecular weight is 449 g/mol. The van der Waals surface area contributed by atoms with Crippen LogP contribution in [0.25, 0.3) is 16.3 Å². The molecule has 0 aliphatic rings. The van der Waals surface area contributed by atoms with Gasteiger partial charge in [0.15, 0.2) is 19.0 Å². The van der Waals surface area contributed by atoms with Gasteiger partial charge in [0, 0.05) is 11.6 Å². The van der Waals surface area contributed by atoms with Crippen molar-refractivity contribution in [2.24, 2.45) is 0 Å². The van der Waals surface area contributed by atoms with Crippen LogP contribution in [0, 0.1) is 0 Å². The van der Waals surface area contributed by atoms with Crippen LogP contribution in [0.4, 0.5) is 0 Å². The van der Waals surface area contributed by atoms with Crippen molar-refractivity contribution in [2.45, 2.75) is 0 Å². The Bertz CT molecular complexity index is 1200. The maximum Gasteiger partial charge on any atom is 0.344 e. The number of hydrogen-bond acceptors (Lipinski definition) is 8. The molecule has 0 radical (unpaired) electrons. The van der Waals surface area contributed by atoms with E-state index >= 15 is 0 Å². The summed E-state index contributed by atoms with van der Waals surface area (Å²) in [5.74, 6) is 0.130. The monoisotopic (exact) mass is 449 g/mol. The summed E-state index contributed by atoms with van der Waals surface area (Å²) in [6, 6.07) is 17.7. The van der Waals surface area contributed by atoms with Gasteiger partial charge in [-0.05, 0) is 47.8 Å². The average Bonchev–Trinajstić information content (AvgIpc) is 3.53. The van der Waals surface area contributed by atoms with Crippen LogP contribution in [0.2, 0.25) is 0 Å². The summed E-state index contributed by atoms with van der Waals surface area (Å²) in [4.78, 5) is 25.3. The molecule has 2 aromatic carbocycles. The standard InChI is InChI=1S/C23H19N3O5S/c1-29-18-4-2-5-19(12-18)30-15-23(28)31-14-21(27)16-7-9-17(10-8-16)26-20(13-24-25-26)22-6-3-11-32-22/h2-13H,14-15H2,1H3. The smallest absolute Gasteiger partial charge is 0.344 e. The molecule has 0 fully saturated rings. The Morgan fingerprint density at radius 1 is 1.00 bits per heavy atom. The lowest BCUT2D eigenvalue weighted by atomic mass is 10.1. The Balaban J connectivity index is 1.31. The quantitative estimate of drug-likeness (QED) is 0.283. The van der Waals surface area contributed by atoms with Crippen molar-refractivity contribution in [1.29, 1.82) is 0 Å². The second-order valence-corrected chi connectivity index (χ2v) is 7.55. The van der Waals surface area contributed by atoms with E-state index in [1.54, 1.807) is 77.9 Å². The summed E-state index contributed by atoms with van der Waals surface area (Å²) >= 11 is 1.59. The van der Waals surface area contributed by atoms with Crippen molar-refractivity contribution in [1.82, 2.24) is 15.0 Å². The summed E-state index contributed by atoms with van der Waals surface area (Å²) in [6.45, 7) is -0.680. The van der Waals surface area contributed by atoms with E-state index < -0.39 is 5.97 Å². The van der Waals surface area contributed by atoms with Gasteiger partial charge in [-0.25, -0.2) is 9.48 Å². The van der Waals surface area contributed by atoms with Crippen LogP contribution in [0.15, 0.2) is 72.2 Å². The first-order valence-electron chi connectivity index (χ1n) is 9.65. The lowest BCUT2D eigenvalue weighted by molar-refractivity contribution is -0.144. The molecule has 4 rings (SSSR count). The van der Waals surface area contributed by atoms with Crippen LogP contribution >= 0.6 is 11.3 Å². The predicted molar refractivity (Wildman–Crippen MR) is 118 cm³/mol. The third-order valence-electron chi connectivity index (χ3n) is 4.52.